The average Bonchev–Trinajstić information content (AvgIpc) is 2.45. The van der Waals surface area contributed by atoms with Crippen LogP contribution in [0.25, 0.3) is 0 Å². The van der Waals surface area contributed by atoms with Crippen LogP contribution in [0.1, 0.15) is 12.6 Å². The lowest BCUT2D eigenvalue weighted by Gasteiger charge is -2.09. The zero-order valence-electron chi connectivity index (χ0n) is 11.1. The molecule has 4 nitrogen and oxygen atoms in total. The molecule has 0 radical (unpaired) electrons. The molecule has 0 aliphatic heterocycles. The van der Waals surface area contributed by atoms with Gasteiger partial charge in [-0.3, -0.25) is 4.98 Å². The minimum atomic E-state index is -0.815. The first-order chi connectivity index (χ1) is 9.70. The molecule has 0 saturated heterocycles. The van der Waals surface area contributed by atoms with Gasteiger partial charge in [0.2, 0.25) is 0 Å². The Morgan fingerprint density at radius 2 is 2.10 bits per heavy atom. The molecule has 0 atom stereocenters. The molecule has 0 aliphatic carbocycles. The summed E-state index contributed by atoms with van der Waals surface area (Å²) in [6.07, 6.45) is 2.20. The molecule has 1 N–H and O–H groups in total. The molecule has 0 amide bonds. The molecule has 0 aromatic carbocycles. The van der Waals surface area contributed by atoms with E-state index in [4.69, 9.17) is 4.74 Å². The quantitative estimate of drug-likeness (QED) is 0.883. The lowest BCUT2D eigenvalue weighted by Crippen LogP contribution is -2.09. The van der Waals surface area contributed by atoms with Crippen LogP contribution in [0.2, 0.25) is 0 Å². The first-order valence-electron chi connectivity index (χ1n) is 6.33. The lowest BCUT2D eigenvalue weighted by molar-refractivity contribution is 0.290. The zero-order chi connectivity index (χ0) is 14.4. The molecule has 2 aromatic rings. The van der Waals surface area contributed by atoms with Gasteiger partial charge in [0.15, 0.2) is 17.5 Å². The first-order valence-corrected chi connectivity index (χ1v) is 6.33. The minimum absolute atomic E-state index is 0.0123. The number of nitrogens with one attached hydrogen (secondary N) is 1. The highest BCUT2D eigenvalue weighted by Crippen LogP contribution is 2.20. The topological polar surface area (TPSA) is 47.0 Å². The Labute approximate surface area is 115 Å². The Morgan fingerprint density at radius 3 is 2.80 bits per heavy atom. The van der Waals surface area contributed by atoms with Gasteiger partial charge in [-0.15, -0.1) is 0 Å². The molecule has 0 saturated carbocycles. The SMILES string of the molecule is CCNc1nc(OCCc2ccccn2)c(F)cc1F. The molecule has 2 aromatic heterocycles. The molecule has 0 spiro atoms. The fourth-order valence-electron chi connectivity index (χ4n) is 1.64. The number of ether oxygens (including phenoxy) is 1. The van der Waals surface area contributed by atoms with Crippen LogP contribution in [0.3, 0.4) is 0 Å². The molecule has 2 rings (SSSR count). The van der Waals surface area contributed by atoms with Crippen molar-refractivity contribution in [2.24, 2.45) is 0 Å². The normalized spacial score (nSPS) is 10.3. The maximum atomic E-state index is 13.5. The summed E-state index contributed by atoms with van der Waals surface area (Å²) in [7, 11) is 0. The second-order valence-electron chi connectivity index (χ2n) is 4.06. The number of hydrogen-bond donors (Lipinski definition) is 1. The van der Waals surface area contributed by atoms with Gasteiger partial charge in [0.1, 0.15) is 0 Å². The fraction of sp³-hybridized carbons (Fsp3) is 0.286. The van der Waals surface area contributed by atoms with Crippen LogP contribution in [0.5, 0.6) is 5.88 Å². The van der Waals surface area contributed by atoms with Gasteiger partial charge in [0, 0.05) is 30.9 Å². The highest BCUT2D eigenvalue weighted by molar-refractivity contribution is 5.39. The van der Waals surface area contributed by atoms with Gasteiger partial charge in [-0.2, -0.15) is 4.98 Å². The van der Waals surface area contributed by atoms with E-state index in [1.54, 1.807) is 13.1 Å². The van der Waals surface area contributed by atoms with Crippen LogP contribution in [0, 0.1) is 11.6 Å². The van der Waals surface area contributed by atoms with E-state index in [9.17, 15) is 8.78 Å². The van der Waals surface area contributed by atoms with Crippen molar-refractivity contribution >= 4 is 5.82 Å². The summed E-state index contributed by atoms with van der Waals surface area (Å²) in [5.74, 6) is -1.77. The van der Waals surface area contributed by atoms with E-state index in [0.717, 1.165) is 11.8 Å². The van der Waals surface area contributed by atoms with Gasteiger partial charge in [0.05, 0.1) is 6.61 Å². The smallest absolute Gasteiger partial charge is 0.252 e. The Hall–Kier alpha value is -2.24. The predicted octanol–water partition coefficient (Wildman–Crippen LogP) is 2.81. The summed E-state index contributed by atoms with van der Waals surface area (Å²) in [4.78, 5) is 7.92. The van der Waals surface area contributed by atoms with Crippen LogP contribution < -0.4 is 10.1 Å². The van der Waals surface area contributed by atoms with Crippen LogP contribution in [0.15, 0.2) is 30.5 Å². The van der Waals surface area contributed by atoms with Gasteiger partial charge in [-0.05, 0) is 19.1 Å². The van der Waals surface area contributed by atoms with Crippen molar-refractivity contribution in [3.05, 3.63) is 47.8 Å². The molecule has 0 unspecified atom stereocenters. The van der Waals surface area contributed by atoms with Crippen molar-refractivity contribution in [1.29, 1.82) is 0 Å². The van der Waals surface area contributed by atoms with Gasteiger partial charge >= 0.3 is 0 Å². The van der Waals surface area contributed by atoms with Crippen molar-refractivity contribution in [1.82, 2.24) is 9.97 Å². The van der Waals surface area contributed by atoms with Gasteiger partial charge in [-0.25, -0.2) is 8.78 Å². The number of aromatic nitrogens is 2. The first kappa shape index (κ1) is 14.2. The summed E-state index contributed by atoms with van der Waals surface area (Å²) in [5, 5.41) is 2.71. The van der Waals surface area contributed by atoms with Crippen LogP contribution in [-0.4, -0.2) is 23.1 Å². The largest absolute Gasteiger partial charge is 0.475 e. The third-order valence-electron chi connectivity index (χ3n) is 2.56. The monoisotopic (exact) mass is 279 g/mol. The molecule has 20 heavy (non-hydrogen) atoms. The lowest BCUT2D eigenvalue weighted by atomic mass is 10.3. The van der Waals surface area contributed by atoms with Gasteiger partial charge in [0.25, 0.3) is 5.88 Å². The van der Waals surface area contributed by atoms with Crippen molar-refractivity contribution in [2.45, 2.75) is 13.3 Å². The fourth-order valence-corrected chi connectivity index (χ4v) is 1.64. The zero-order valence-corrected chi connectivity index (χ0v) is 11.1. The molecule has 106 valence electrons. The average molecular weight is 279 g/mol. The number of halogens is 2. The van der Waals surface area contributed by atoms with E-state index in [2.05, 4.69) is 15.3 Å². The van der Waals surface area contributed by atoms with E-state index >= 15 is 0 Å². The third kappa shape index (κ3) is 3.63. The summed E-state index contributed by atoms with van der Waals surface area (Å²) < 4.78 is 32.1. The summed E-state index contributed by atoms with van der Waals surface area (Å²) >= 11 is 0. The van der Waals surface area contributed by atoms with E-state index in [1.165, 1.54) is 0 Å². The Bertz CT molecular complexity index is 564. The molecule has 0 aliphatic rings. The van der Waals surface area contributed by atoms with Crippen LogP contribution in [0.4, 0.5) is 14.6 Å². The minimum Gasteiger partial charge on any atom is -0.475 e. The number of anilines is 1. The van der Waals surface area contributed by atoms with E-state index in [-0.39, 0.29) is 18.3 Å². The Kier molecular flexibility index (Phi) is 4.81. The number of nitrogens with zero attached hydrogens (tertiary/aromatic N) is 2. The van der Waals surface area contributed by atoms with Gasteiger partial charge in [-0.1, -0.05) is 6.07 Å². The standard InChI is InChI=1S/C14H15F2N3O/c1-2-17-13-11(15)9-12(16)14(19-13)20-8-6-10-5-3-4-7-18-10/h3-5,7,9H,2,6,8H2,1H3,(H,17,19). The Morgan fingerprint density at radius 1 is 1.25 bits per heavy atom. The maximum Gasteiger partial charge on any atom is 0.252 e. The predicted molar refractivity (Wildman–Crippen MR) is 71.8 cm³/mol. The Balaban J connectivity index is 2.00. The second kappa shape index (κ2) is 6.79. The van der Waals surface area contributed by atoms with Crippen molar-refractivity contribution in [3.8, 4) is 5.88 Å². The maximum absolute atomic E-state index is 13.5. The number of hydrogen-bond acceptors (Lipinski definition) is 4. The second-order valence-corrected chi connectivity index (χ2v) is 4.06. The van der Waals surface area contributed by atoms with E-state index < -0.39 is 11.6 Å². The third-order valence-corrected chi connectivity index (χ3v) is 2.56. The molecular formula is C14H15F2N3O. The summed E-state index contributed by atoms with van der Waals surface area (Å²) in [5.41, 5.74) is 0.835. The number of pyridine rings is 2. The van der Waals surface area contributed by atoms with E-state index in [1.807, 2.05) is 18.2 Å². The van der Waals surface area contributed by atoms with Crippen LogP contribution in [-0.2, 0) is 6.42 Å². The molecule has 6 heteroatoms. The van der Waals surface area contributed by atoms with E-state index in [0.29, 0.717) is 13.0 Å². The van der Waals surface area contributed by atoms with Crippen LogP contribution >= 0.6 is 0 Å². The van der Waals surface area contributed by atoms with Crippen molar-refractivity contribution in [3.63, 3.8) is 0 Å². The van der Waals surface area contributed by atoms with Gasteiger partial charge < -0.3 is 10.1 Å². The molecule has 0 fully saturated rings. The molecule has 0 bridgehead atoms. The van der Waals surface area contributed by atoms with Crippen molar-refractivity contribution in [2.75, 3.05) is 18.5 Å². The van der Waals surface area contributed by atoms with Crippen molar-refractivity contribution < 1.29 is 13.5 Å². The molecular weight excluding hydrogens is 264 g/mol. The summed E-state index contributed by atoms with van der Waals surface area (Å²) in [6, 6.07) is 6.29. The number of rotatable bonds is 6. The highest BCUT2D eigenvalue weighted by Gasteiger charge is 2.12. The summed E-state index contributed by atoms with van der Waals surface area (Å²) in [6.45, 7) is 2.51. The highest BCUT2D eigenvalue weighted by atomic mass is 19.1. The molecule has 2 heterocycles.